The van der Waals surface area contributed by atoms with E-state index in [0.717, 1.165) is 22.0 Å². The van der Waals surface area contributed by atoms with Crippen molar-refractivity contribution < 1.29 is 4.79 Å². The Morgan fingerprint density at radius 2 is 1.86 bits per heavy atom. The van der Waals surface area contributed by atoms with Crippen LogP contribution in [0, 0.1) is 6.92 Å². The number of nitrogens with zero attached hydrogens (tertiary/aromatic N) is 2. The number of fused-ring (bicyclic) bond motifs is 1. The molecule has 2 N–H and O–H groups in total. The standard InChI is InChI=1S/C17H15N3O/c1-12-6-2-3-7-13(12)10-11-16(21)20-15-9-5-4-8-14(15)17(18)19-20/h2-11H,1H3,(H2,18,19)/b11-10+. The lowest BCUT2D eigenvalue weighted by molar-refractivity contribution is 0.0961. The van der Waals surface area contributed by atoms with E-state index >= 15 is 0 Å². The highest BCUT2D eigenvalue weighted by Crippen LogP contribution is 2.20. The summed E-state index contributed by atoms with van der Waals surface area (Å²) in [5, 5.41) is 4.91. The van der Waals surface area contributed by atoms with E-state index in [-0.39, 0.29) is 5.91 Å². The molecule has 0 fully saturated rings. The lowest BCUT2D eigenvalue weighted by Gasteiger charge is -1.99. The van der Waals surface area contributed by atoms with E-state index in [9.17, 15) is 4.79 Å². The van der Waals surface area contributed by atoms with Crippen molar-refractivity contribution in [3.8, 4) is 0 Å². The Hall–Kier alpha value is -2.88. The van der Waals surface area contributed by atoms with Gasteiger partial charge in [0.15, 0.2) is 5.82 Å². The summed E-state index contributed by atoms with van der Waals surface area (Å²) in [6.07, 6.45) is 3.31. The minimum atomic E-state index is -0.217. The van der Waals surface area contributed by atoms with Crippen molar-refractivity contribution in [2.75, 3.05) is 5.73 Å². The van der Waals surface area contributed by atoms with E-state index in [0.29, 0.717) is 5.82 Å². The van der Waals surface area contributed by atoms with Crippen LogP contribution in [0.1, 0.15) is 15.9 Å². The first-order chi connectivity index (χ1) is 10.2. The van der Waals surface area contributed by atoms with Crippen molar-refractivity contribution in [3.05, 3.63) is 65.7 Å². The Morgan fingerprint density at radius 1 is 1.14 bits per heavy atom. The van der Waals surface area contributed by atoms with Crippen LogP contribution in [0.3, 0.4) is 0 Å². The number of nitrogen functional groups attached to an aromatic ring is 1. The summed E-state index contributed by atoms with van der Waals surface area (Å²) in [5.41, 5.74) is 8.68. The van der Waals surface area contributed by atoms with E-state index in [1.165, 1.54) is 10.8 Å². The van der Waals surface area contributed by atoms with Crippen molar-refractivity contribution in [1.82, 2.24) is 9.78 Å². The fourth-order valence-electron chi connectivity index (χ4n) is 2.26. The monoisotopic (exact) mass is 277 g/mol. The molecule has 3 aromatic rings. The molecule has 0 atom stereocenters. The highest BCUT2D eigenvalue weighted by molar-refractivity contribution is 6.02. The SMILES string of the molecule is Cc1ccccc1/C=C/C(=O)n1nc(N)c2ccccc21. The molecule has 1 aromatic heterocycles. The molecule has 0 saturated carbocycles. The topological polar surface area (TPSA) is 60.9 Å². The van der Waals surface area contributed by atoms with E-state index in [1.807, 2.05) is 55.5 Å². The summed E-state index contributed by atoms with van der Waals surface area (Å²) in [5.74, 6) is 0.148. The van der Waals surface area contributed by atoms with Crippen LogP contribution >= 0.6 is 0 Å². The molecule has 0 aliphatic carbocycles. The van der Waals surface area contributed by atoms with Crippen molar-refractivity contribution in [2.24, 2.45) is 0 Å². The number of carbonyl (C=O) groups excluding carboxylic acids is 1. The number of hydrogen-bond acceptors (Lipinski definition) is 3. The van der Waals surface area contributed by atoms with Gasteiger partial charge in [-0.2, -0.15) is 4.68 Å². The number of anilines is 1. The number of aromatic nitrogens is 2. The van der Waals surface area contributed by atoms with Crippen LogP contribution in [-0.2, 0) is 0 Å². The Labute approximate surface area is 122 Å². The van der Waals surface area contributed by atoms with Gasteiger partial charge in [0.1, 0.15) is 0 Å². The van der Waals surface area contributed by atoms with Gasteiger partial charge in [-0.3, -0.25) is 4.79 Å². The second-order valence-electron chi connectivity index (χ2n) is 4.84. The first kappa shape index (κ1) is 13.1. The molecule has 0 unspecified atom stereocenters. The smallest absolute Gasteiger partial charge is 0.271 e. The van der Waals surface area contributed by atoms with Gasteiger partial charge in [0.25, 0.3) is 5.91 Å². The summed E-state index contributed by atoms with van der Waals surface area (Å²) >= 11 is 0. The highest BCUT2D eigenvalue weighted by Gasteiger charge is 2.11. The molecule has 21 heavy (non-hydrogen) atoms. The summed E-state index contributed by atoms with van der Waals surface area (Å²) in [6.45, 7) is 2.01. The molecule has 4 heteroatoms. The maximum Gasteiger partial charge on any atom is 0.271 e. The molecule has 3 rings (SSSR count). The van der Waals surface area contributed by atoms with E-state index in [4.69, 9.17) is 5.73 Å². The summed E-state index contributed by atoms with van der Waals surface area (Å²) in [6, 6.07) is 15.3. The van der Waals surface area contributed by atoms with Gasteiger partial charge in [0, 0.05) is 11.5 Å². The first-order valence-corrected chi connectivity index (χ1v) is 6.68. The lowest BCUT2D eigenvalue weighted by atomic mass is 10.1. The minimum Gasteiger partial charge on any atom is -0.382 e. The molecular weight excluding hydrogens is 262 g/mol. The Morgan fingerprint density at radius 3 is 2.67 bits per heavy atom. The predicted octanol–water partition coefficient (Wildman–Crippen LogP) is 3.28. The second kappa shape index (κ2) is 5.25. The van der Waals surface area contributed by atoms with Crippen LogP contribution in [0.25, 0.3) is 17.0 Å². The van der Waals surface area contributed by atoms with Crippen molar-refractivity contribution in [2.45, 2.75) is 6.92 Å². The number of hydrogen-bond donors (Lipinski definition) is 1. The number of aryl methyl sites for hydroxylation is 1. The number of nitrogens with two attached hydrogens (primary N) is 1. The molecule has 0 amide bonds. The average molecular weight is 277 g/mol. The van der Waals surface area contributed by atoms with Crippen LogP contribution in [0.15, 0.2) is 54.6 Å². The molecule has 0 aliphatic rings. The van der Waals surface area contributed by atoms with E-state index in [1.54, 1.807) is 6.08 Å². The van der Waals surface area contributed by atoms with Crippen molar-refractivity contribution >= 4 is 28.7 Å². The molecular formula is C17H15N3O. The highest BCUT2D eigenvalue weighted by atomic mass is 16.2. The zero-order valence-electron chi connectivity index (χ0n) is 11.7. The number of para-hydroxylation sites is 1. The zero-order chi connectivity index (χ0) is 14.8. The number of allylic oxidation sites excluding steroid dienone is 1. The molecule has 0 radical (unpaired) electrons. The number of benzene rings is 2. The first-order valence-electron chi connectivity index (χ1n) is 6.68. The normalized spacial score (nSPS) is 11.3. The van der Waals surface area contributed by atoms with Gasteiger partial charge in [0.05, 0.1) is 5.52 Å². The summed E-state index contributed by atoms with van der Waals surface area (Å²) in [7, 11) is 0. The van der Waals surface area contributed by atoms with Gasteiger partial charge in [-0.15, -0.1) is 5.10 Å². The maximum absolute atomic E-state index is 12.3. The molecule has 0 bridgehead atoms. The van der Waals surface area contributed by atoms with Gasteiger partial charge in [-0.25, -0.2) is 0 Å². The number of rotatable bonds is 2. The second-order valence-corrected chi connectivity index (χ2v) is 4.84. The number of carbonyl (C=O) groups is 1. The Kier molecular flexibility index (Phi) is 3.28. The summed E-state index contributed by atoms with van der Waals surface area (Å²) < 4.78 is 1.33. The van der Waals surface area contributed by atoms with Gasteiger partial charge < -0.3 is 5.73 Å². The van der Waals surface area contributed by atoms with Gasteiger partial charge in [0.2, 0.25) is 0 Å². The fourth-order valence-corrected chi connectivity index (χ4v) is 2.26. The molecule has 2 aromatic carbocycles. The summed E-state index contributed by atoms with van der Waals surface area (Å²) in [4.78, 5) is 12.3. The van der Waals surface area contributed by atoms with Crippen LogP contribution in [-0.4, -0.2) is 15.7 Å². The minimum absolute atomic E-state index is 0.217. The molecule has 4 nitrogen and oxygen atoms in total. The Bertz CT molecular complexity index is 846. The predicted molar refractivity (Wildman–Crippen MR) is 85.0 cm³/mol. The Balaban J connectivity index is 1.97. The van der Waals surface area contributed by atoms with E-state index in [2.05, 4.69) is 5.10 Å². The van der Waals surface area contributed by atoms with Gasteiger partial charge in [-0.1, -0.05) is 36.4 Å². The lowest BCUT2D eigenvalue weighted by Crippen LogP contribution is -2.09. The maximum atomic E-state index is 12.3. The van der Waals surface area contributed by atoms with Crippen LogP contribution < -0.4 is 5.73 Å². The zero-order valence-corrected chi connectivity index (χ0v) is 11.7. The fraction of sp³-hybridized carbons (Fsp3) is 0.0588. The van der Waals surface area contributed by atoms with Gasteiger partial charge in [-0.05, 0) is 36.3 Å². The molecule has 104 valence electrons. The van der Waals surface area contributed by atoms with Crippen LogP contribution in [0.2, 0.25) is 0 Å². The third kappa shape index (κ3) is 2.43. The van der Waals surface area contributed by atoms with Crippen molar-refractivity contribution in [1.29, 1.82) is 0 Å². The van der Waals surface area contributed by atoms with E-state index < -0.39 is 0 Å². The third-order valence-electron chi connectivity index (χ3n) is 3.42. The quantitative estimate of drug-likeness (QED) is 0.731. The van der Waals surface area contributed by atoms with Crippen LogP contribution in [0.4, 0.5) is 5.82 Å². The third-order valence-corrected chi connectivity index (χ3v) is 3.42. The largest absolute Gasteiger partial charge is 0.382 e. The molecule has 0 aliphatic heterocycles. The average Bonchev–Trinajstić information content (AvgIpc) is 2.84. The molecule has 0 spiro atoms. The molecule has 1 heterocycles. The van der Waals surface area contributed by atoms with Crippen molar-refractivity contribution in [3.63, 3.8) is 0 Å². The molecule has 0 saturated heterocycles. The van der Waals surface area contributed by atoms with Gasteiger partial charge >= 0.3 is 0 Å². The van der Waals surface area contributed by atoms with Crippen LogP contribution in [0.5, 0.6) is 0 Å².